The molecule has 2 aliphatic rings. The van der Waals surface area contributed by atoms with Gasteiger partial charge in [0.2, 0.25) is 5.91 Å². The molecule has 1 amide bonds. The van der Waals surface area contributed by atoms with E-state index >= 15 is 0 Å². The van der Waals surface area contributed by atoms with Gasteiger partial charge in [-0.05, 0) is 49.9 Å². The summed E-state index contributed by atoms with van der Waals surface area (Å²) in [6.45, 7) is 3.64. The van der Waals surface area contributed by atoms with Crippen molar-refractivity contribution in [3.8, 4) is 0 Å². The van der Waals surface area contributed by atoms with Crippen molar-refractivity contribution < 1.29 is 14.3 Å². The minimum atomic E-state index is 0.00770. The zero-order valence-corrected chi connectivity index (χ0v) is 15.5. The Kier molecular flexibility index (Phi) is 6.66. The first kappa shape index (κ1) is 17.9. The van der Waals surface area contributed by atoms with Crippen molar-refractivity contribution in [1.82, 2.24) is 4.90 Å². The molecule has 2 atom stereocenters. The van der Waals surface area contributed by atoms with E-state index < -0.39 is 0 Å². The maximum absolute atomic E-state index is 12.4. The van der Waals surface area contributed by atoms with Crippen molar-refractivity contribution in [3.05, 3.63) is 28.7 Å². The topological polar surface area (TPSA) is 50.8 Å². The van der Waals surface area contributed by atoms with Gasteiger partial charge in [0.25, 0.3) is 0 Å². The Morgan fingerprint density at radius 2 is 1.67 bits per heavy atom. The molecule has 24 heavy (non-hydrogen) atoms. The van der Waals surface area contributed by atoms with Crippen molar-refractivity contribution in [3.63, 3.8) is 0 Å². The zero-order chi connectivity index (χ0) is 16.8. The number of carbonyl (C=O) groups excluding carboxylic acids is 1. The highest BCUT2D eigenvalue weighted by atomic mass is 79.9. The van der Waals surface area contributed by atoms with Gasteiger partial charge in [0.1, 0.15) is 0 Å². The molecule has 0 radical (unpaired) electrons. The van der Waals surface area contributed by atoms with E-state index in [2.05, 4.69) is 26.1 Å². The lowest BCUT2D eigenvalue weighted by molar-refractivity contribution is -0.118. The number of anilines is 1. The second-order valence-corrected chi connectivity index (χ2v) is 7.43. The molecule has 0 spiro atoms. The predicted molar refractivity (Wildman–Crippen MR) is 97.2 cm³/mol. The fourth-order valence-electron chi connectivity index (χ4n) is 3.29. The lowest BCUT2D eigenvalue weighted by Gasteiger charge is -2.27. The molecule has 1 aromatic carbocycles. The summed E-state index contributed by atoms with van der Waals surface area (Å²) in [6, 6.07) is 7.64. The molecule has 2 saturated heterocycles. The van der Waals surface area contributed by atoms with E-state index in [9.17, 15) is 4.79 Å². The van der Waals surface area contributed by atoms with E-state index in [0.29, 0.717) is 6.54 Å². The van der Waals surface area contributed by atoms with Crippen molar-refractivity contribution in [2.45, 2.75) is 37.9 Å². The van der Waals surface area contributed by atoms with Crippen LogP contribution in [-0.2, 0) is 14.3 Å². The third-order valence-electron chi connectivity index (χ3n) is 4.47. The summed E-state index contributed by atoms with van der Waals surface area (Å²) in [5.41, 5.74) is 0.817. The molecule has 2 aliphatic heterocycles. The van der Waals surface area contributed by atoms with Crippen molar-refractivity contribution >= 4 is 27.5 Å². The van der Waals surface area contributed by atoms with E-state index in [-0.39, 0.29) is 18.1 Å². The molecule has 0 bridgehead atoms. The van der Waals surface area contributed by atoms with E-state index in [1.165, 1.54) is 0 Å². The number of hydrogen-bond donors (Lipinski definition) is 1. The normalized spacial score (nSPS) is 23.8. The molecule has 0 unspecified atom stereocenters. The first-order chi connectivity index (χ1) is 11.7. The highest BCUT2D eigenvalue weighted by molar-refractivity contribution is 9.10. The number of amides is 1. The summed E-state index contributed by atoms with van der Waals surface area (Å²) < 4.78 is 12.5. The Morgan fingerprint density at radius 3 is 2.17 bits per heavy atom. The molecule has 0 saturated carbocycles. The molecule has 132 valence electrons. The van der Waals surface area contributed by atoms with Gasteiger partial charge < -0.3 is 14.8 Å². The molecular weight excluding hydrogens is 372 g/mol. The Labute approximate surface area is 151 Å². The molecular formula is C18H25BrN2O3. The van der Waals surface area contributed by atoms with Crippen LogP contribution < -0.4 is 5.32 Å². The average Bonchev–Trinajstić information content (AvgIpc) is 3.23. The van der Waals surface area contributed by atoms with Gasteiger partial charge in [0.15, 0.2) is 0 Å². The first-order valence-corrected chi connectivity index (χ1v) is 9.49. The predicted octanol–water partition coefficient (Wildman–Crippen LogP) is 3.05. The van der Waals surface area contributed by atoms with Crippen LogP contribution in [0.5, 0.6) is 0 Å². The number of hydrogen-bond acceptors (Lipinski definition) is 4. The fraction of sp³-hybridized carbons (Fsp3) is 0.611. The third-order valence-corrected chi connectivity index (χ3v) is 5.00. The van der Waals surface area contributed by atoms with Gasteiger partial charge in [-0.25, -0.2) is 0 Å². The van der Waals surface area contributed by atoms with Gasteiger partial charge in [-0.2, -0.15) is 0 Å². The minimum Gasteiger partial charge on any atom is -0.377 e. The van der Waals surface area contributed by atoms with Crippen molar-refractivity contribution in [2.75, 3.05) is 38.2 Å². The first-order valence-electron chi connectivity index (χ1n) is 8.70. The van der Waals surface area contributed by atoms with Crippen LogP contribution >= 0.6 is 15.9 Å². The fourth-order valence-corrected chi connectivity index (χ4v) is 3.56. The zero-order valence-electron chi connectivity index (χ0n) is 13.9. The highest BCUT2D eigenvalue weighted by Crippen LogP contribution is 2.18. The second kappa shape index (κ2) is 8.94. The van der Waals surface area contributed by atoms with Crippen molar-refractivity contribution in [2.24, 2.45) is 0 Å². The quantitative estimate of drug-likeness (QED) is 0.769. The van der Waals surface area contributed by atoms with E-state index in [1.807, 2.05) is 24.3 Å². The smallest absolute Gasteiger partial charge is 0.238 e. The largest absolute Gasteiger partial charge is 0.377 e. The summed E-state index contributed by atoms with van der Waals surface area (Å²) in [6.07, 6.45) is 4.87. The Bertz CT molecular complexity index is 508. The molecule has 1 aromatic rings. The molecule has 3 rings (SSSR count). The third kappa shape index (κ3) is 5.55. The standard InChI is InChI=1S/C18H25BrN2O3/c19-14-5-7-15(8-6-14)20-18(22)13-21(11-16-3-1-9-23-16)12-17-4-2-10-24-17/h5-8,16-17H,1-4,9-13H2,(H,20,22)/t16-,17+. The van der Waals surface area contributed by atoms with Crippen molar-refractivity contribution in [1.29, 1.82) is 0 Å². The van der Waals surface area contributed by atoms with Crippen LogP contribution in [0.15, 0.2) is 28.7 Å². The molecule has 2 heterocycles. The maximum atomic E-state index is 12.4. The summed E-state index contributed by atoms with van der Waals surface area (Å²) >= 11 is 3.40. The summed E-state index contributed by atoms with van der Waals surface area (Å²) in [7, 11) is 0. The summed E-state index contributed by atoms with van der Waals surface area (Å²) in [5, 5.41) is 2.97. The maximum Gasteiger partial charge on any atom is 0.238 e. The lowest BCUT2D eigenvalue weighted by atomic mass is 10.2. The van der Waals surface area contributed by atoms with Crippen LogP contribution in [0.3, 0.4) is 0 Å². The monoisotopic (exact) mass is 396 g/mol. The number of benzene rings is 1. The van der Waals surface area contributed by atoms with Gasteiger partial charge in [-0.3, -0.25) is 9.69 Å². The van der Waals surface area contributed by atoms with Gasteiger partial charge in [0, 0.05) is 36.5 Å². The van der Waals surface area contributed by atoms with E-state index in [0.717, 1.165) is 62.1 Å². The van der Waals surface area contributed by atoms with Gasteiger partial charge in [-0.1, -0.05) is 15.9 Å². The molecule has 6 heteroatoms. The average molecular weight is 397 g/mol. The Hall–Kier alpha value is -0.950. The number of nitrogens with one attached hydrogen (secondary N) is 1. The van der Waals surface area contributed by atoms with Crippen LogP contribution in [0, 0.1) is 0 Å². The van der Waals surface area contributed by atoms with Gasteiger partial charge >= 0.3 is 0 Å². The second-order valence-electron chi connectivity index (χ2n) is 6.52. The number of rotatable bonds is 7. The Balaban J connectivity index is 1.54. The molecule has 1 N–H and O–H groups in total. The molecule has 0 aliphatic carbocycles. The molecule has 5 nitrogen and oxygen atoms in total. The summed E-state index contributed by atoms with van der Waals surface area (Å²) in [4.78, 5) is 14.6. The number of nitrogens with zero attached hydrogens (tertiary/aromatic N) is 1. The van der Waals surface area contributed by atoms with Crippen LogP contribution in [-0.4, -0.2) is 55.9 Å². The van der Waals surface area contributed by atoms with Gasteiger partial charge in [-0.15, -0.1) is 0 Å². The molecule has 2 fully saturated rings. The van der Waals surface area contributed by atoms with Crippen LogP contribution in [0.1, 0.15) is 25.7 Å². The van der Waals surface area contributed by atoms with Crippen LogP contribution in [0.25, 0.3) is 0 Å². The lowest BCUT2D eigenvalue weighted by Crippen LogP contribution is -2.42. The Morgan fingerprint density at radius 1 is 1.08 bits per heavy atom. The van der Waals surface area contributed by atoms with Gasteiger partial charge in [0.05, 0.1) is 18.8 Å². The number of halogens is 1. The van der Waals surface area contributed by atoms with E-state index in [4.69, 9.17) is 9.47 Å². The summed E-state index contributed by atoms with van der Waals surface area (Å²) in [5.74, 6) is 0.00770. The highest BCUT2D eigenvalue weighted by Gasteiger charge is 2.25. The number of carbonyl (C=O) groups is 1. The SMILES string of the molecule is O=C(CN(C[C@H]1CCCO1)C[C@@H]1CCCO1)Nc1ccc(Br)cc1. The van der Waals surface area contributed by atoms with E-state index in [1.54, 1.807) is 0 Å². The van der Waals surface area contributed by atoms with Crippen LogP contribution in [0.4, 0.5) is 5.69 Å². The number of ether oxygens (including phenoxy) is 2. The minimum absolute atomic E-state index is 0.00770. The molecule has 0 aromatic heterocycles. The van der Waals surface area contributed by atoms with Crippen LogP contribution in [0.2, 0.25) is 0 Å².